The third kappa shape index (κ3) is 2.58. The number of nitriles is 1. The number of nitrogens with zero attached hydrogens (tertiary/aromatic N) is 4. The van der Waals surface area contributed by atoms with Gasteiger partial charge in [-0.15, -0.1) is 0 Å². The summed E-state index contributed by atoms with van der Waals surface area (Å²) in [6.07, 6.45) is 3.92. The van der Waals surface area contributed by atoms with Crippen LogP contribution in [0.5, 0.6) is 0 Å². The maximum absolute atomic E-state index is 13.6. The highest BCUT2D eigenvalue weighted by atomic mass is 19.1. The van der Waals surface area contributed by atoms with Gasteiger partial charge in [-0.25, -0.2) is 18.4 Å². The molecular formula is C12H8F2N4. The monoisotopic (exact) mass is 246 g/mol. The second-order valence-corrected chi connectivity index (χ2v) is 3.52. The Labute approximate surface area is 102 Å². The lowest BCUT2D eigenvalue weighted by atomic mass is 10.0. The van der Waals surface area contributed by atoms with Gasteiger partial charge in [-0.1, -0.05) is 0 Å². The second-order valence-electron chi connectivity index (χ2n) is 3.52. The Kier molecular flexibility index (Phi) is 3.44. The average molecular weight is 246 g/mol. The minimum atomic E-state index is -0.585. The van der Waals surface area contributed by atoms with E-state index in [2.05, 4.69) is 10.1 Å². The predicted octanol–water partition coefficient (Wildman–Crippen LogP) is 2.16. The summed E-state index contributed by atoms with van der Waals surface area (Å²) in [5, 5.41) is 12.6. The van der Waals surface area contributed by atoms with Crippen LogP contribution in [0.25, 0.3) is 5.57 Å². The van der Waals surface area contributed by atoms with E-state index >= 15 is 0 Å². The first-order valence-corrected chi connectivity index (χ1v) is 5.07. The lowest BCUT2D eigenvalue weighted by Crippen LogP contribution is -2.03. The molecule has 0 N–H and O–H groups in total. The quantitative estimate of drug-likeness (QED) is 0.780. The number of aromatic nitrogens is 3. The molecule has 90 valence electrons. The standard InChI is InChI=1S/C12H8F2N4/c13-10-1-2-12(14)11(5-10)9(3-4-15)6-18-8-16-7-17-18/h1-3,5,7-8H,6H2/b9-3+. The minimum Gasteiger partial charge on any atom is -0.249 e. The molecule has 1 aromatic carbocycles. The average Bonchev–Trinajstić information content (AvgIpc) is 2.85. The van der Waals surface area contributed by atoms with Crippen molar-refractivity contribution in [3.8, 4) is 6.07 Å². The van der Waals surface area contributed by atoms with Gasteiger partial charge in [-0.3, -0.25) is 0 Å². The summed E-state index contributed by atoms with van der Waals surface area (Å²) in [4.78, 5) is 3.74. The lowest BCUT2D eigenvalue weighted by Gasteiger charge is -2.07. The lowest BCUT2D eigenvalue weighted by molar-refractivity contribution is 0.594. The molecule has 0 aliphatic heterocycles. The molecule has 0 bridgehead atoms. The van der Waals surface area contributed by atoms with Crippen LogP contribution in [0.4, 0.5) is 8.78 Å². The van der Waals surface area contributed by atoms with E-state index in [-0.39, 0.29) is 12.1 Å². The number of rotatable bonds is 3. The molecule has 18 heavy (non-hydrogen) atoms. The van der Waals surface area contributed by atoms with Gasteiger partial charge in [0.15, 0.2) is 0 Å². The maximum atomic E-state index is 13.6. The Hall–Kier alpha value is -2.55. The molecular weight excluding hydrogens is 238 g/mol. The summed E-state index contributed by atoms with van der Waals surface area (Å²) in [5.74, 6) is -1.15. The van der Waals surface area contributed by atoms with Crippen molar-refractivity contribution < 1.29 is 8.78 Å². The van der Waals surface area contributed by atoms with Gasteiger partial charge in [0.2, 0.25) is 0 Å². The van der Waals surface area contributed by atoms with Crippen LogP contribution in [0.2, 0.25) is 0 Å². The van der Waals surface area contributed by atoms with Gasteiger partial charge < -0.3 is 0 Å². The van der Waals surface area contributed by atoms with Crippen LogP contribution in [0.1, 0.15) is 5.56 Å². The highest BCUT2D eigenvalue weighted by Crippen LogP contribution is 2.20. The normalized spacial score (nSPS) is 11.3. The van der Waals surface area contributed by atoms with Crippen LogP contribution in [0.3, 0.4) is 0 Å². The van der Waals surface area contributed by atoms with E-state index in [9.17, 15) is 8.78 Å². The minimum absolute atomic E-state index is 0.0482. The molecule has 2 rings (SSSR count). The maximum Gasteiger partial charge on any atom is 0.137 e. The Balaban J connectivity index is 2.40. The van der Waals surface area contributed by atoms with E-state index in [0.29, 0.717) is 5.57 Å². The van der Waals surface area contributed by atoms with Crippen LogP contribution < -0.4 is 0 Å². The summed E-state index contributed by atoms with van der Waals surface area (Å²) in [6.45, 7) is 0.147. The van der Waals surface area contributed by atoms with Crippen LogP contribution in [-0.2, 0) is 6.54 Å². The number of hydrogen-bond donors (Lipinski definition) is 0. The number of allylic oxidation sites excluding steroid dienone is 2. The Bertz CT molecular complexity index is 612. The zero-order valence-corrected chi connectivity index (χ0v) is 9.22. The molecule has 0 saturated heterocycles. The first kappa shape index (κ1) is 11.9. The Morgan fingerprint density at radius 1 is 1.44 bits per heavy atom. The second kappa shape index (κ2) is 5.19. The Morgan fingerprint density at radius 2 is 2.28 bits per heavy atom. The highest BCUT2D eigenvalue weighted by molar-refractivity contribution is 5.67. The summed E-state index contributed by atoms with van der Waals surface area (Å²) < 4.78 is 28.1. The van der Waals surface area contributed by atoms with Crippen molar-refractivity contribution in [2.24, 2.45) is 0 Å². The molecule has 0 amide bonds. The van der Waals surface area contributed by atoms with Gasteiger partial charge in [0, 0.05) is 11.6 Å². The van der Waals surface area contributed by atoms with E-state index < -0.39 is 11.6 Å². The van der Waals surface area contributed by atoms with Crippen molar-refractivity contribution in [3.63, 3.8) is 0 Å². The molecule has 1 heterocycles. The van der Waals surface area contributed by atoms with Crippen LogP contribution >= 0.6 is 0 Å². The molecule has 0 atom stereocenters. The number of benzene rings is 1. The van der Waals surface area contributed by atoms with Crippen molar-refractivity contribution in [2.75, 3.05) is 0 Å². The molecule has 1 aromatic heterocycles. The smallest absolute Gasteiger partial charge is 0.137 e. The van der Waals surface area contributed by atoms with Gasteiger partial charge in [-0.2, -0.15) is 10.4 Å². The first-order chi connectivity index (χ1) is 8.70. The summed E-state index contributed by atoms with van der Waals surface area (Å²) in [7, 11) is 0. The van der Waals surface area contributed by atoms with Crippen molar-refractivity contribution in [2.45, 2.75) is 6.54 Å². The fourth-order valence-electron chi connectivity index (χ4n) is 1.52. The summed E-state index contributed by atoms with van der Waals surface area (Å²) >= 11 is 0. The predicted molar refractivity (Wildman–Crippen MR) is 60.0 cm³/mol. The molecule has 4 nitrogen and oxygen atoms in total. The largest absolute Gasteiger partial charge is 0.249 e. The van der Waals surface area contributed by atoms with Crippen molar-refractivity contribution in [1.82, 2.24) is 14.8 Å². The van der Waals surface area contributed by atoms with Crippen molar-refractivity contribution in [1.29, 1.82) is 5.26 Å². The molecule has 0 saturated carbocycles. The molecule has 0 radical (unpaired) electrons. The number of hydrogen-bond acceptors (Lipinski definition) is 3. The topological polar surface area (TPSA) is 54.5 Å². The van der Waals surface area contributed by atoms with Crippen molar-refractivity contribution >= 4 is 5.57 Å². The summed E-state index contributed by atoms with van der Waals surface area (Å²) in [5.41, 5.74) is 0.382. The van der Waals surface area contributed by atoms with Gasteiger partial charge >= 0.3 is 0 Å². The van der Waals surface area contributed by atoms with E-state index in [1.165, 1.54) is 23.4 Å². The molecule has 2 aromatic rings. The molecule has 0 aliphatic rings. The third-order valence-corrected chi connectivity index (χ3v) is 2.31. The van der Waals surface area contributed by atoms with Crippen molar-refractivity contribution in [3.05, 3.63) is 54.1 Å². The highest BCUT2D eigenvalue weighted by Gasteiger charge is 2.10. The molecule has 6 heteroatoms. The van der Waals surface area contributed by atoms with Gasteiger partial charge in [-0.05, 0) is 23.8 Å². The first-order valence-electron chi connectivity index (χ1n) is 5.07. The molecule has 0 spiro atoms. The fraction of sp³-hybridized carbons (Fsp3) is 0.0833. The fourth-order valence-corrected chi connectivity index (χ4v) is 1.52. The van der Waals surface area contributed by atoms with E-state index in [4.69, 9.17) is 5.26 Å². The Morgan fingerprint density at radius 3 is 2.94 bits per heavy atom. The van der Waals surface area contributed by atoms with Crippen LogP contribution in [-0.4, -0.2) is 14.8 Å². The van der Waals surface area contributed by atoms with Crippen LogP contribution in [0.15, 0.2) is 36.9 Å². The van der Waals surface area contributed by atoms with E-state index in [1.54, 1.807) is 0 Å². The summed E-state index contributed by atoms with van der Waals surface area (Å²) in [6, 6.07) is 4.91. The zero-order valence-electron chi connectivity index (χ0n) is 9.22. The molecule has 0 aliphatic carbocycles. The zero-order chi connectivity index (χ0) is 13.0. The number of halogens is 2. The molecule has 0 unspecified atom stereocenters. The van der Waals surface area contributed by atoms with E-state index in [1.807, 2.05) is 6.07 Å². The van der Waals surface area contributed by atoms with Gasteiger partial charge in [0.1, 0.15) is 24.3 Å². The van der Waals surface area contributed by atoms with E-state index in [0.717, 1.165) is 18.2 Å². The molecule has 0 fully saturated rings. The third-order valence-electron chi connectivity index (χ3n) is 2.31. The van der Waals surface area contributed by atoms with Gasteiger partial charge in [0.05, 0.1) is 12.6 Å². The van der Waals surface area contributed by atoms with Crippen LogP contribution in [0, 0.1) is 23.0 Å². The SMILES string of the molecule is N#C/C=C(\Cn1cncn1)c1cc(F)ccc1F. The van der Waals surface area contributed by atoms with Gasteiger partial charge in [0.25, 0.3) is 0 Å².